The molecule has 4 nitrogen and oxygen atoms in total. The van der Waals surface area contributed by atoms with Gasteiger partial charge >= 0.3 is 0 Å². The van der Waals surface area contributed by atoms with E-state index < -0.39 is 0 Å². The van der Waals surface area contributed by atoms with Crippen LogP contribution in [-0.2, 0) is 0 Å². The number of halogens is 3. The van der Waals surface area contributed by atoms with Crippen LogP contribution >= 0.6 is 34.8 Å². The first-order valence-electron chi connectivity index (χ1n) is 4.93. The molecule has 1 aromatic heterocycles. The van der Waals surface area contributed by atoms with Gasteiger partial charge in [-0.15, -0.1) is 0 Å². The number of ether oxygens (including phenoxy) is 1. The Kier molecular flexibility index (Phi) is 4.11. The second-order valence-corrected chi connectivity index (χ2v) is 4.52. The molecule has 0 aliphatic heterocycles. The van der Waals surface area contributed by atoms with E-state index in [2.05, 4.69) is 15.3 Å². The monoisotopic (exact) mass is 303 g/mol. The van der Waals surface area contributed by atoms with Crippen molar-refractivity contribution >= 4 is 40.8 Å². The van der Waals surface area contributed by atoms with Gasteiger partial charge in [0, 0.05) is 12.1 Å². The molecular weight excluding hydrogens is 296 g/mol. The molecule has 0 amide bonds. The van der Waals surface area contributed by atoms with Gasteiger partial charge in [-0.3, -0.25) is 0 Å². The minimum atomic E-state index is 0.222. The fourth-order valence-electron chi connectivity index (χ4n) is 1.21. The lowest BCUT2D eigenvalue weighted by Gasteiger charge is -2.09. The normalized spacial score (nSPS) is 10.2. The summed E-state index contributed by atoms with van der Waals surface area (Å²) in [5.41, 5.74) is 0. The number of hydrogen-bond acceptors (Lipinski definition) is 4. The van der Waals surface area contributed by atoms with Crippen LogP contribution in [0.3, 0.4) is 0 Å². The Balaban J connectivity index is 2.33. The average Bonchev–Trinajstić information content (AvgIpc) is 2.35. The summed E-state index contributed by atoms with van der Waals surface area (Å²) >= 11 is 17.7. The molecule has 0 spiro atoms. The molecule has 0 fully saturated rings. The van der Waals surface area contributed by atoms with Gasteiger partial charge in [-0.05, 0) is 18.2 Å². The zero-order valence-corrected chi connectivity index (χ0v) is 11.5. The third-order valence-corrected chi connectivity index (χ3v) is 2.83. The van der Waals surface area contributed by atoms with E-state index in [9.17, 15) is 0 Å². The van der Waals surface area contributed by atoms with Crippen LogP contribution in [-0.4, -0.2) is 17.0 Å². The SMILES string of the molecule is CNc1ncc(Cl)c(Oc2ccc(Cl)cc2Cl)n1. The highest BCUT2D eigenvalue weighted by molar-refractivity contribution is 6.35. The van der Waals surface area contributed by atoms with E-state index in [0.29, 0.717) is 26.8 Å². The molecular formula is C11H8Cl3N3O. The Morgan fingerprint density at radius 3 is 2.61 bits per heavy atom. The first kappa shape index (κ1) is 13.2. The lowest BCUT2D eigenvalue weighted by atomic mass is 10.3. The zero-order valence-electron chi connectivity index (χ0n) is 9.25. The number of aromatic nitrogens is 2. The Morgan fingerprint density at radius 1 is 1.17 bits per heavy atom. The Morgan fingerprint density at radius 2 is 1.94 bits per heavy atom. The highest BCUT2D eigenvalue weighted by Gasteiger charge is 2.10. The summed E-state index contributed by atoms with van der Waals surface area (Å²) in [4.78, 5) is 8.03. The lowest BCUT2D eigenvalue weighted by molar-refractivity contribution is 0.463. The zero-order chi connectivity index (χ0) is 13.1. The van der Waals surface area contributed by atoms with E-state index in [0.717, 1.165) is 0 Å². The molecule has 0 bridgehead atoms. The van der Waals surface area contributed by atoms with Gasteiger partial charge in [0.1, 0.15) is 10.8 Å². The number of benzene rings is 1. The van der Waals surface area contributed by atoms with Gasteiger partial charge in [-0.25, -0.2) is 4.98 Å². The van der Waals surface area contributed by atoms with Crippen LogP contribution in [0.5, 0.6) is 11.6 Å². The summed E-state index contributed by atoms with van der Waals surface area (Å²) in [6, 6.07) is 4.88. The summed E-state index contributed by atoms with van der Waals surface area (Å²) in [5.74, 6) is 1.04. The minimum Gasteiger partial charge on any atom is -0.436 e. The molecule has 0 aliphatic carbocycles. The highest BCUT2D eigenvalue weighted by Crippen LogP contribution is 2.33. The summed E-state index contributed by atoms with van der Waals surface area (Å²) in [6.07, 6.45) is 1.44. The smallest absolute Gasteiger partial charge is 0.243 e. The quantitative estimate of drug-likeness (QED) is 0.920. The van der Waals surface area contributed by atoms with E-state index in [4.69, 9.17) is 39.5 Å². The molecule has 0 saturated heterocycles. The molecule has 2 rings (SSSR count). The molecule has 1 heterocycles. The molecule has 18 heavy (non-hydrogen) atoms. The largest absolute Gasteiger partial charge is 0.436 e. The molecule has 2 aromatic rings. The first-order valence-corrected chi connectivity index (χ1v) is 6.06. The van der Waals surface area contributed by atoms with Gasteiger partial charge in [0.05, 0.1) is 11.2 Å². The summed E-state index contributed by atoms with van der Waals surface area (Å²) < 4.78 is 5.52. The van der Waals surface area contributed by atoms with E-state index >= 15 is 0 Å². The summed E-state index contributed by atoms with van der Waals surface area (Å²) in [6.45, 7) is 0. The van der Waals surface area contributed by atoms with Crippen molar-refractivity contribution in [3.05, 3.63) is 39.5 Å². The Hall–Kier alpha value is -1.23. The second-order valence-electron chi connectivity index (χ2n) is 3.27. The highest BCUT2D eigenvalue weighted by atomic mass is 35.5. The van der Waals surface area contributed by atoms with E-state index in [-0.39, 0.29) is 5.88 Å². The molecule has 0 aliphatic rings. The molecule has 94 valence electrons. The first-order chi connectivity index (χ1) is 8.60. The summed E-state index contributed by atoms with van der Waals surface area (Å²) in [5, 5.41) is 3.98. The molecule has 0 unspecified atom stereocenters. The number of rotatable bonds is 3. The Bertz CT molecular complexity index is 577. The van der Waals surface area contributed by atoms with Gasteiger partial charge in [-0.2, -0.15) is 4.98 Å². The van der Waals surface area contributed by atoms with Crippen LogP contribution in [0.2, 0.25) is 15.1 Å². The van der Waals surface area contributed by atoms with Crippen molar-refractivity contribution < 1.29 is 4.74 Å². The van der Waals surface area contributed by atoms with Gasteiger partial charge in [0.25, 0.3) is 0 Å². The number of anilines is 1. The van der Waals surface area contributed by atoms with E-state index in [1.165, 1.54) is 6.20 Å². The van der Waals surface area contributed by atoms with Crippen molar-refractivity contribution in [2.24, 2.45) is 0 Å². The third kappa shape index (κ3) is 2.96. The standard InChI is InChI=1S/C11H8Cl3N3O/c1-15-11-16-5-8(14)10(17-11)18-9-3-2-6(12)4-7(9)13/h2-5H,1H3,(H,15,16,17). The fourth-order valence-corrected chi connectivity index (χ4v) is 1.78. The van der Waals surface area contributed by atoms with Crippen molar-refractivity contribution in [2.45, 2.75) is 0 Å². The van der Waals surface area contributed by atoms with Crippen LogP contribution in [0, 0.1) is 0 Å². The maximum atomic E-state index is 5.99. The van der Waals surface area contributed by atoms with Crippen molar-refractivity contribution in [3.8, 4) is 11.6 Å². The van der Waals surface area contributed by atoms with Gasteiger partial charge in [0.2, 0.25) is 11.8 Å². The average molecular weight is 305 g/mol. The van der Waals surface area contributed by atoms with Crippen molar-refractivity contribution in [2.75, 3.05) is 12.4 Å². The molecule has 0 atom stereocenters. The number of hydrogen-bond donors (Lipinski definition) is 1. The maximum Gasteiger partial charge on any atom is 0.243 e. The fraction of sp³-hybridized carbons (Fsp3) is 0.0909. The topological polar surface area (TPSA) is 47.0 Å². The van der Waals surface area contributed by atoms with Gasteiger partial charge in [0.15, 0.2) is 0 Å². The third-order valence-electron chi connectivity index (χ3n) is 2.04. The predicted molar refractivity (Wildman–Crippen MR) is 73.1 cm³/mol. The number of nitrogens with zero attached hydrogens (tertiary/aromatic N) is 2. The van der Waals surface area contributed by atoms with E-state index in [1.807, 2.05) is 0 Å². The maximum absolute atomic E-state index is 5.99. The molecule has 1 aromatic carbocycles. The van der Waals surface area contributed by atoms with Crippen molar-refractivity contribution in [1.82, 2.24) is 9.97 Å². The molecule has 7 heteroatoms. The molecule has 1 N–H and O–H groups in total. The second kappa shape index (κ2) is 5.61. The van der Waals surface area contributed by atoms with Crippen LogP contribution in [0.1, 0.15) is 0 Å². The molecule has 0 saturated carbocycles. The van der Waals surface area contributed by atoms with Crippen molar-refractivity contribution in [1.29, 1.82) is 0 Å². The van der Waals surface area contributed by atoms with Crippen LogP contribution in [0.4, 0.5) is 5.95 Å². The number of nitrogens with one attached hydrogen (secondary N) is 1. The predicted octanol–water partition coefficient (Wildman–Crippen LogP) is 4.27. The van der Waals surface area contributed by atoms with Gasteiger partial charge < -0.3 is 10.1 Å². The van der Waals surface area contributed by atoms with Crippen LogP contribution in [0.15, 0.2) is 24.4 Å². The summed E-state index contributed by atoms with van der Waals surface area (Å²) in [7, 11) is 1.70. The van der Waals surface area contributed by atoms with Crippen LogP contribution in [0.25, 0.3) is 0 Å². The van der Waals surface area contributed by atoms with E-state index in [1.54, 1.807) is 25.2 Å². The molecule has 0 radical (unpaired) electrons. The lowest BCUT2D eigenvalue weighted by Crippen LogP contribution is -1.98. The minimum absolute atomic E-state index is 0.222. The van der Waals surface area contributed by atoms with Gasteiger partial charge in [-0.1, -0.05) is 34.8 Å². The Labute approximate surface area is 119 Å². The van der Waals surface area contributed by atoms with Crippen LogP contribution < -0.4 is 10.1 Å². The van der Waals surface area contributed by atoms with Crippen molar-refractivity contribution in [3.63, 3.8) is 0 Å².